The highest BCUT2D eigenvalue weighted by Gasteiger charge is 2.14. The lowest BCUT2D eigenvalue weighted by molar-refractivity contribution is 0.176. The molecule has 0 aliphatic carbocycles. The topological polar surface area (TPSA) is 98.2 Å². The molecule has 0 aliphatic heterocycles. The molecule has 2 heterocycles. The molecule has 0 fully saturated rings. The normalized spacial score (nSPS) is 12.6. The van der Waals surface area contributed by atoms with Gasteiger partial charge in [0.15, 0.2) is 5.82 Å². The summed E-state index contributed by atoms with van der Waals surface area (Å²) >= 11 is 1.26. The van der Waals surface area contributed by atoms with E-state index in [-0.39, 0.29) is 23.7 Å². The monoisotopic (exact) mass is 438 g/mol. The molecule has 0 saturated carbocycles. The van der Waals surface area contributed by atoms with Gasteiger partial charge in [0, 0.05) is 5.75 Å². The summed E-state index contributed by atoms with van der Waals surface area (Å²) in [6.07, 6.45) is 2.14. The van der Waals surface area contributed by atoms with Gasteiger partial charge in [-0.3, -0.25) is 9.36 Å². The van der Waals surface area contributed by atoms with Crippen molar-refractivity contribution in [2.24, 2.45) is 5.10 Å². The van der Waals surface area contributed by atoms with Gasteiger partial charge in [-0.1, -0.05) is 36.0 Å². The Morgan fingerprint density at radius 1 is 1.23 bits per heavy atom. The van der Waals surface area contributed by atoms with E-state index in [1.807, 2.05) is 6.07 Å². The van der Waals surface area contributed by atoms with Gasteiger partial charge in [0.05, 0.1) is 36.1 Å². The average molecular weight is 438 g/mol. The van der Waals surface area contributed by atoms with E-state index < -0.39 is 6.10 Å². The van der Waals surface area contributed by atoms with Crippen LogP contribution < -0.4 is 5.56 Å². The molecule has 10 heteroatoms. The zero-order valence-corrected chi connectivity index (χ0v) is 17.4. The molecule has 1 atom stereocenters. The van der Waals surface area contributed by atoms with Crippen LogP contribution in [0.5, 0.6) is 0 Å². The van der Waals surface area contributed by atoms with Gasteiger partial charge in [-0.25, -0.2) is 9.37 Å². The number of fused-ring (bicyclic) bond motifs is 1. The highest BCUT2D eigenvalue weighted by molar-refractivity contribution is 7.99. The third-order valence-corrected chi connectivity index (χ3v) is 5.55. The Morgan fingerprint density at radius 3 is 2.90 bits per heavy atom. The van der Waals surface area contributed by atoms with Crippen molar-refractivity contribution >= 4 is 28.9 Å². The molecule has 158 valence electrons. The smallest absolute Gasteiger partial charge is 0.261 e. The van der Waals surface area contributed by atoms with Gasteiger partial charge in [0.2, 0.25) is 5.16 Å². The Hall–Kier alpha value is -3.37. The van der Waals surface area contributed by atoms with Gasteiger partial charge in [-0.15, -0.1) is 10.2 Å². The van der Waals surface area contributed by atoms with Crippen molar-refractivity contribution < 1.29 is 9.50 Å². The van der Waals surface area contributed by atoms with E-state index in [1.54, 1.807) is 37.3 Å². The summed E-state index contributed by atoms with van der Waals surface area (Å²) in [5.41, 5.74) is 1.02. The summed E-state index contributed by atoms with van der Waals surface area (Å²) in [5, 5.41) is 23.8. The number of hydrogen-bond donors (Lipinski definition) is 1. The van der Waals surface area contributed by atoms with E-state index in [0.29, 0.717) is 27.4 Å². The van der Waals surface area contributed by atoms with E-state index in [2.05, 4.69) is 20.3 Å². The maximum absolute atomic E-state index is 13.3. The van der Waals surface area contributed by atoms with Crippen LogP contribution in [0.1, 0.15) is 11.4 Å². The van der Waals surface area contributed by atoms with Crippen molar-refractivity contribution in [3.8, 4) is 0 Å². The van der Waals surface area contributed by atoms with Crippen LogP contribution in [-0.4, -0.2) is 47.6 Å². The SMILES string of the molecule is Cc1nnc(SCC(O)Cn2cnc3ccccc3c2=O)n1N=Cc1cccc(F)c1. The number of nitrogens with zero attached hydrogens (tertiary/aromatic N) is 6. The van der Waals surface area contributed by atoms with Crippen LogP contribution in [0.4, 0.5) is 4.39 Å². The number of thioether (sulfide) groups is 1. The molecule has 1 N–H and O–H groups in total. The fraction of sp³-hybridized carbons (Fsp3) is 0.190. The minimum atomic E-state index is -0.816. The van der Waals surface area contributed by atoms with E-state index >= 15 is 0 Å². The van der Waals surface area contributed by atoms with Crippen LogP contribution in [0.25, 0.3) is 10.9 Å². The first-order chi connectivity index (χ1) is 15.0. The second-order valence-electron chi connectivity index (χ2n) is 6.83. The zero-order valence-electron chi connectivity index (χ0n) is 16.6. The number of rotatable bonds is 7. The number of aromatic nitrogens is 5. The Bertz CT molecular complexity index is 1300. The van der Waals surface area contributed by atoms with E-state index in [1.165, 1.54) is 45.7 Å². The molecule has 1 unspecified atom stereocenters. The van der Waals surface area contributed by atoms with Gasteiger partial charge in [-0.05, 0) is 36.8 Å². The van der Waals surface area contributed by atoms with E-state index in [9.17, 15) is 14.3 Å². The minimum absolute atomic E-state index is 0.101. The maximum atomic E-state index is 13.3. The standard InChI is InChI=1S/C21H19FN6O2S/c1-14-25-26-21(28(14)24-10-15-5-4-6-16(22)9-15)31-12-17(29)11-27-13-23-19-8-3-2-7-18(19)20(27)30/h2-10,13,17,29H,11-12H2,1H3. The van der Waals surface area contributed by atoms with Gasteiger partial charge in [-0.2, -0.15) is 9.78 Å². The first kappa shape index (κ1) is 20.9. The third kappa shape index (κ3) is 4.86. The number of aliphatic hydroxyl groups is 1. The highest BCUT2D eigenvalue weighted by atomic mass is 32.2. The number of hydrogen-bond acceptors (Lipinski definition) is 7. The minimum Gasteiger partial charge on any atom is -0.390 e. The number of aryl methyl sites for hydroxylation is 1. The van der Waals surface area contributed by atoms with E-state index in [4.69, 9.17) is 0 Å². The molecule has 0 spiro atoms. The summed E-state index contributed by atoms with van der Waals surface area (Å²) in [4.78, 5) is 16.8. The molecule has 8 nitrogen and oxygen atoms in total. The summed E-state index contributed by atoms with van der Waals surface area (Å²) < 4.78 is 16.3. The number of benzene rings is 2. The fourth-order valence-corrected chi connectivity index (χ4v) is 3.81. The molecule has 4 rings (SSSR count). The molecule has 0 amide bonds. The first-order valence-corrected chi connectivity index (χ1v) is 10.5. The van der Waals surface area contributed by atoms with Crippen LogP contribution in [0.15, 0.2) is 69.9 Å². The zero-order chi connectivity index (χ0) is 21.8. The van der Waals surface area contributed by atoms with Crippen LogP contribution >= 0.6 is 11.8 Å². The van der Waals surface area contributed by atoms with Gasteiger partial charge in [0.1, 0.15) is 5.82 Å². The first-order valence-electron chi connectivity index (χ1n) is 9.48. The Kier molecular flexibility index (Phi) is 6.19. The molecular formula is C21H19FN6O2S. The van der Waals surface area contributed by atoms with Crippen LogP contribution in [-0.2, 0) is 6.54 Å². The molecule has 31 heavy (non-hydrogen) atoms. The number of halogens is 1. The number of aliphatic hydroxyl groups excluding tert-OH is 1. The molecule has 0 radical (unpaired) electrons. The van der Waals surface area contributed by atoms with Crippen LogP contribution in [0.2, 0.25) is 0 Å². The molecule has 2 aromatic heterocycles. The maximum Gasteiger partial charge on any atom is 0.261 e. The molecule has 0 bridgehead atoms. The van der Waals surface area contributed by atoms with Crippen LogP contribution in [0.3, 0.4) is 0 Å². The Balaban J connectivity index is 1.44. The average Bonchev–Trinajstić information content (AvgIpc) is 3.12. The van der Waals surface area contributed by atoms with Crippen molar-refractivity contribution in [2.45, 2.75) is 24.7 Å². The third-order valence-electron chi connectivity index (χ3n) is 4.48. The highest BCUT2D eigenvalue weighted by Crippen LogP contribution is 2.18. The molecule has 0 saturated heterocycles. The second-order valence-corrected chi connectivity index (χ2v) is 7.81. The summed E-state index contributed by atoms with van der Waals surface area (Å²) in [6.45, 7) is 1.85. The van der Waals surface area contributed by atoms with E-state index in [0.717, 1.165) is 0 Å². The Labute approximate surface area is 181 Å². The lowest BCUT2D eigenvalue weighted by Gasteiger charge is -2.12. The van der Waals surface area contributed by atoms with Crippen molar-refractivity contribution in [1.29, 1.82) is 0 Å². The fourth-order valence-electron chi connectivity index (χ4n) is 2.96. The number of para-hydroxylation sites is 1. The lowest BCUT2D eigenvalue weighted by Crippen LogP contribution is -2.28. The van der Waals surface area contributed by atoms with Crippen molar-refractivity contribution in [3.05, 3.63) is 82.4 Å². The van der Waals surface area contributed by atoms with Crippen molar-refractivity contribution in [3.63, 3.8) is 0 Å². The molecule has 0 aliphatic rings. The predicted octanol–water partition coefficient (Wildman–Crippen LogP) is 2.47. The second kappa shape index (κ2) is 9.19. The Morgan fingerprint density at radius 2 is 2.06 bits per heavy atom. The molecular weight excluding hydrogens is 419 g/mol. The summed E-state index contributed by atoms with van der Waals surface area (Å²) in [6, 6.07) is 13.1. The van der Waals surface area contributed by atoms with Gasteiger partial charge >= 0.3 is 0 Å². The molecule has 2 aromatic carbocycles. The quantitative estimate of drug-likeness (QED) is 0.352. The van der Waals surface area contributed by atoms with Gasteiger partial charge < -0.3 is 5.11 Å². The van der Waals surface area contributed by atoms with Crippen molar-refractivity contribution in [2.75, 3.05) is 5.75 Å². The summed E-state index contributed by atoms with van der Waals surface area (Å²) in [5.74, 6) is 0.479. The summed E-state index contributed by atoms with van der Waals surface area (Å²) in [7, 11) is 0. The van der Waals surface area contributed by atoms with Crippen LogP contribution in [0, 0.1) is 12.7 Å². The molecule has 4 aromatic rings. The van der Waals surface area contributed by atoms with Gasteiger partial charge in [0.25, 0.3) is 5.56 Å². The largest absolute Gasteiger partial charge is 0.390 e. The predicted molar refractivity (Wildman–Crippen MR) is 117 cm³/mol. The van der Waals surface area contributed by atoms with Crippen molar-refractivity contribution in [1.82, 2.24) is 24.4 Å². The lowest BCUT2D eigenvalue weighted by atomic mass is 10.2.